The third kappa shape index (κ3) is 1.50. The van der Waals surface area contributed by atoms with Crippen molar-refractivity contribution in [1.82, 2.24) is 4.98 Å². The van der Waals surface area contributed by atoms with Gasteiger partial charge in [0.05, 0.1) is 11.4 Å². The number of hydrogen-bond acceptors (Lipinski definition) is 1. The maximum absolute atomic E-state index is 4.91. The summed E-state index contributed by atoms with van der Waals surface area (Å²) in [6.07, 6.45) is 4.58. The molecule has 5 rings (SSSR count). The first kappa shape index (κ1) is 11.3. The van der Waals surface area contributed by atoms with Gasteiger partial charge in [-0.2, -0.15) is 0 Å². The quantitative estimate of drug-likeness (QED) is 0.705. The predicted molar refractivity (Wildman–Crippen MR) is 84.7 cm³/mol. The summed E-state index contributed by atoms with van der Waals surface area (Å²) in [5, 5.41) is 3.91. The Morgan fingerprint density at radius 3 is 2.81 bits per heavy atom. The Balaban J connectivity index is 1.77. The number of H-pyrrole nitrogens is 1. The molecule has 0 spiro atoms. The molecule has 2 atom stereocenters. The maximum Gasteiger partial charge on any atom is 0.0732 e. The van der Waals surface area contributed by atoms with Gasteiger partial charge in [-0.1, -0.05) is 36.4 Å². The zero-order valence-electron chi connectivity index (χ0n) is 11.7. The van der Waals surface area contributed by atoms with Crippen molar-refractivity contribution < 1.29 is 0 Å². The van der Waals surface area contributed by atoms with Crippen molar-refractivity contribution in [3.05, 3.63) is 70.9 Å². The van der Waals surface area contributed by atoms with Crippen LogP contribution < -0.4 is 10.6 Å². The Kier molecular flexibility index (Phi) is 2.20. The van der Waals surface area contributed by atoms with Gasteiger partial charge in [-0.15, -0.1) is 0 Å². The third-order valence-corrected chi connectivity index (χ3v) is 4.97. The Morgan fingerprint density at radius 1 is 0.952 bits per heavy atom. The monoisotopic (exact) mass is 272 g/mol. The lowest BCUT2D eigenvalue weighted by Crippen LogP contribution is -2.23. The molecule has 2 nitrogen and oxygen atoms in total. The van der Waals surface area contributed by atoms with Crippen molar-refractivity contribution in [2.45, 2.75) is 24.8 Å². The lowest BCUT2D eigenvalue weighted by atomic mass is 9.91. The van der Waals surface area contributed by atoms with Crippen LogP contribution in [0, 0.1) is 0 Å². The van der Waals surface area contributed by atoms with E-state index in [1.807, 2.05) is 0 Å². The summed E-state index contributed by atoms with van der Waals surface area (Å²) in [5.74, 6) is 0.513. The van der Waals surface area contributed by atoms with Crippen molar-refractivity contribution in [3.8, 4) is 0 Å². The van der Waals surface area contributed by atoms with Crippen LogP contribution in [0.1, 0.15) is 24.3 Å². The van der Waals surface area contributed by atoms with Crippen molar-refractivity contribution in [2.75, 3.05) is 0 Å². The standard InChI is InChI=1S/C19H16N2/c1-3-7-16-12(5-1)15(11-20-16)13-9-10-18-19(13)14-6-2-4-8-17(14)21-18/h1-8,11,13,18,20H,9-10H2. The zero-order chi connectivity index (χ0) is 13.8. The molecule has 0 amide bonds. The Labute approximate surface area is 122 Å². The van der Waals surface area contributed by atoms with Crippen LogP contribution >= 0.6 is 0 Å². The molecule has 3 aromatic rings. The summed E-state index contributed by atoms with van der Waals surface area (Å²) in [6.45, 7) is 0. The van der Waals surface area contributed by atoms with Crippen molar-refractivity contribution in [2.24, 2.45) is 4.99 Å². The normalized spacial score (nSPS) is 23.1. The van der Waals surface area contributed by atoms with Gasteiger partial charge in [0.2, 0.25) is 0 Å². The third-order valence-electron chi connectivity index (χ3n) is 4.97. The first-order valence-electron chi connectivity index (χ1n) is 7.65. The van der Waals surface area contributed by atoms with E-state index >= 15 is 0 Å². The van der Waals surface area contributed by atoms with E-state index in [9.17, 15) is 0 Å². The van der Waals surface area contributed by atoms with Crippen LogP contribution in [-0.2, 0) is 0 Å². The van der Waals surface area contributed by atoms with Crippen LogP contribution in [-0.4, -0.2) is 11.0 Å². The van der Waals surface area contributed by atoms with Gasteiger partial charge in [0.1, 0.15) is 0 Å². The Bertz CT molecular complexity index is 964. The molecule has 0 bridgehead atoms. The van der Waals surface area contributed by atoms with E-state index < -0.39 is 0 Å². The summed E-state index contributed by atoms with van der Waals surface area (Å²) >= 11 is 0. The van der Waals surface area contributed by atoms with Crippen LogP contribution in [0.3, 0.4) is 0 Å². The highest BCUT2D eigenvalue weighted by atomic mass is 14.8. The van der Waals surface area contributed by atoms with Crippen LogP contribution in [0.2, 0.25) is 0 Å². The fourth-order valence-electron chi connectivity index (χ4n) is 4.07. The van der Waals surface area contributed by atoms with Gasteiger partial charge in [-0.3, -0.25) is 4.99 Å². The molecule has 2 heteroatoms. The number of nitrogens with zero attached hydrogens (tertiary/aromatic N) is 1. The lowest BCUT2D eigenvalue weighted by molar-refractivity contribution is 0.749. The summed E-state index contributed by atoms with van der Waals surface area (Å²) < 4.78 is 0. The van der Waals surface area contributed by atoms with Gasteiger partial charge in [0.15, 0.2) is 0 Å². The maximum atomic E-state index is 4.91. The van der Waals surface area contributed by atoms with Crippen LogP contribution in [0.4, 0.5) is 0 Å². The number of para-hydroxylation sites is 2. The van der Waals surface area contributed by atoms with E-state index in [0.717, 1.165) is 0 Å². The fraction of sp³-hybridized carbons (Fsp3) is 0.211. The number of hydrogen-bond donors (Lipinski definition) is 1. The molecule has 1 aromatic heterocycles. The molecule has 1 aliphatic heterocycles. The van der Waals surface area contributed by atoms with Gasteiger partial charge >= 0.3 is 0 Å². The van der Waals surface area contributed by atoms with Gasteiger partial charge in [0, 0.05) is 28.2 Å². The van der Waals surface area contributed by atoms with Gasteiger partial charge in [-0.25, -0.2) is 0 Å². The molecule has 1 aliphatic carbocycles. The summed E-state index contributed by atoms with van der Waals surface area (Å²) in [5.41, 5.74) is 4.21. The number of fused-ring (bicyclic) bond motifs is 3. The minimum atomic E-state index is 0.404. The van der Waals surface area contributed by atoms with Crippen LogP contribution in [0.15, 0.2) is 59.7 Å². The van der Waals surface area contributed by atoms with E-state index in [-0.39, 0.29) is 0 Å². The second kappa shape index (κ2) is 4.08. The fourth-order valence-corrected chi connectivity index (χ4v) is 4.07. The SMILES string of the molecule is c1ccc2c(c1)=NC1CCC(c3c[nH]c4ccccc34)C=21. The van der Waals surface area contributed by atoms with Gasteiger partial charge < -0.3 is 4.98 Å². The van der Waals surface area contributed by atoms with Crippen LogP contribution in [0.25, 0.3) is 16.5 Å². The molecule has 21 heavy (non-hydrogen) atoms. The first-order valence-corrected chi connectivity index (χ1v) is 7.65. The molecule has 1 saturated carbocycles. The Morgan fingerprint density at radius 2 is 1.81 bits per heavy atom. The second-order valence-corrected chi connectivity index (χ2v) is 6.04. The Hall–Kier alpha value is -2.35. The summed E-state index contributed by atoms with van der Waals surface area (Å²) in [4.78, 5) is 8.33. The molecule has 102 valence electrons. The molecule has 1 fully saturated rings. The van der Waals surface area contributed by atoms with Gasteiger partial charge in [-0.05, 0) is 36.1 Å². The summed E-state index contributed by atoms with van der Waals surface area (Å²) in [6, 6.07) is 17.6. The number of rotatable bonds is 1. The molecule has 2 heterocycles. The van der Waals surface area contributed by atoms with Gasteiger partial charge in [0.25, 0.3) is 0 Å². The topological polar surface area (TPSA) is 28.1 Å². The molecular weight excluding hydrogens is 256 g/mol. The lowest BCUT2D eigenvalue weighted by Gasteiger charge is -2.11. The predicted octanol–water partition coefficient (Wildman–Crippen LogP) is 2.90. The molecule has 2 aromatic carbocycles. The highest BCUT2D eigenvalue weighted by Crippen LogP contribution is 2.44. The van der Waals surface area contributed by atoms with E-state index in [0.29, 0.717) is 12.0 Å². The first-order chi connectivity index (χ1) is 10.4. The molecule has 1 N–H and O–H groups in total. The highest BCUT2D eigenvalue weighted by Gasteiger charge is 2.35. The number of benzene rings is 2. The van der Waals surface area contributed by atoms with E-state index in [1.165, 1.54) is 45.5 Å². The molecule has 0 saturated heterocycles. The number of nitrogens with one attached hydrogen (secondary N) is 1. The zero-order valence-corrected chi connectivity index (χ0v) is 11.7. The molecule has 2 aliphatic rings. The minimum absolute atomic E-state index is 0.404. The van der Waals surface area contributed by atoms with Crippen LogP contribution in [0.5, 0.6) is 0 Å². The average Bonchev–Trinajstić information content (AvgIpc) is 3.19. The van der Waals surface area contributed by atoms with E-state index in [1.54, 1.807) is 0 Å². The van der Waals surface area contributed by atoms with E-state index in [4.69, 9.17) is 4.99 Å². The molecule has 2 unspecified atom stereocenters. The molecular formula is C19H16N2. The smallest absolute Gasteiger partial charge is 0.0732 e. The highest BCUT2D eigenvalue weighted by molar-refractivity contribution is 5.86. The number of aromatic nitrogens is 1. The largest absolute Gasteiger partial charge is 0.361 e. The van der Waals surface area contributed by atoms with Crippen molar-refractivity contribution in [3.63, 3.8) is 0 Å². The average molecular weight is 272 g/mol. The van der Waals surface area contributed by atoms with Crippen molar-refractivity contribution >= 4 is 16.5 Å². The molecule has 0 radical (unpaired) electrons. The minimum Gasteiger partial charge on any atom is -0.361 e. The second-order valence-electron chi connectivity index (χ2n) is 6.04. The summed E-state index contributed by atoms with van der Waals surface area (Å²) in [7, 11) is 0. The van der Waals surface area contributed by atoms with Crippen molar-refractivity contribution in [1.29, 1.82) is 0 Å². The van der Waals surface area contributed by atoms with E-state index in [2.05, 4.69) is 59.7 Å². The number of aromatic amines is 1.